The number of hydrogen-bond donors (Lipinski definition) is 0. The second kappa shape index (κ2) is 4.39. The summed E-state index contributed by atoms with van der Waals surface area (Å²) in [5.41, 5.74) is 1.51. The molecule has 3 heteroatoms. The molecule has 1 unspecified atom stereocenters. The molecule has 0 bridgehead atoms. The smallest absolute Gasteiger partial charge is 0.187 e. The molecule has 1 aliphatic heterocycles. The molecule has 2 nitrogen and oxygen atoms in total. The van der Waals surface area contributed by atoms with Gasteiger partial charge in [0.25, 0.3) is 0 Å². The van der Waals surface area contributed by atoms with Gasteiger partial charge in [-0.3, -0.25) is 0 Å². The minimum atomic E-state index is -0.997. The highest BCUT2D eigenvalue weighted by atomic mass is 28.3. The Morgan fingerprint density at radius 1 is 1.25 bits per heavy atom. The van der Waals surface area contributed by atoms with E-state index in [2.05, 4.69) is 27.7 Å². The molecule has 1 aliphatic rings. The van der Waals surface area contributed by atoms with Gasteiger partial charge in [-0.25, -0.2) is 0 Å². The van der Waals surface area contributed by atoms with Crippen LogP contribution in [-0.2, 0) is 9.16 Å². The molecule has 0 amide bonds. The van der Waals surface area contributed by atoms with Crippen molar-refractivity contribution in [3.63, 3.8) is 0 Å². The molecule has 0 spiro atoms. The summed E-state index contributed by atoms with van der Waals surface area (Å²) in [5.74, 6) is 0. The van der Waals surface area contributed by atoms with Crippen LogP contribution >= 0.6 is 0 Å². The summed E-state index contributed by atoms with van der Waals surface area (Å²) in [7, 11) is -0.997. The summed E-state index contributed by atoms with van der Waals surface area (Å²) >= 11 is 0. The summed E-state index contributed by atoms with van der Waals surface area (Å²) in [6.07, 6.45) is 0.393. The van der Waals surface area contributed by atoms with Gasteiger partial charge in [-0.1, -0.05) is 13.8 Å². The molecule has 1 heterocycles. The summed E-state index contributed by atoms with van der Waals surface area (Å²) in [6, 6.07) is 0. The van der Waals surface area contributed by atoms with E-state index in [1.165, 1.54) is 0 Å². The van der Waals surface area contributed by atoms with Crippen molar-refractivity contribution in [3.05, 3.63) is 0 Å². The fourth-order valence-electron chi connectivity index (χ4n) is 1.57. The quantitative estimate of drug-likeness (QED) is 0.628. The highest BCUT2D eigenvalue weighted by Crippen LogP contribution is 2.29. The first-order chi connectivity index (χ1) is 5.61. The first-order valence-electron chi connectivity index (χ1n) is 4.84. The van der Waals surface area contributed by atoms with E-state index in [1.54, 1.807) is 0 Å². The summed E-state index contributed by atoms with van der Waals surface area (Å²) < 4.78 is 11.2. The third-order valence-electron chi connectivity index (χ3n) is 2.21. The standard InChI is InChI=1S/C9H20O2Si/c1-7(2)11-12(8(3)4)9-5-10-6-9/h7-9,12H,5-6H2,1-4H3. The largest absolute Gasteiger partial charge is 0.417 e. The third-order valence-corrected chi connectivity index (χ3v) is 5.70. The zero-order valence-electron chi connectivity index (χ0n) is 8.54. The van der Waals surface area contributed by atoms with E-state index in [0.717, 1.165) is 24.3 Å². The second-order valence-corrected chi connectivity index (χ2v) is 7.67. The van der Waals surface area contributed by atoms with Crippen LogP contribution in [0.4, 0.5) is 0 Å². The Kier molecular flexibility index (Phi) is 3.74. The van der Waals surface area contributed by atoms with Gasteiger partial charge in [-0.05, 0) is 19.4 Å². The Morgan fingerprint density at radius 2 is 1.83 bits per heavy atom. The highest BCUT2D eigenvalue weighted by molar-refractivity contribution is 6.55. The second-order valence-electron chi connectivity index (χ2n) is 4.19. The average molecular weight is 188 g/mol. The predicted molar refractivity (Wildman–Crippen MR) is 53.0 cm³/mol. The minimum Gasteiger partial charge on any atom is -0.417 e. The van der Waals surface area contributed by atoms with Crippen LogP contribution in [0.5, 0.6) is 0 Å². The Morgan fingerprint density at radius 3 is 2.08 bits per heavy atom. The van der Waals surface area contributed by atoms with Crippen LogP contribution in [-0.4, -0.2) is 28.4 Å². The van der Waals surface area contributed by atoms with Crippen molar-refractivity contribution in [2.45, 2.75) is 44.9 Å². The molecule has 0 aromatic rings. The molecule has 0 radical (unpaired) electrons. The lowest BCUT2D eigenvalue weighted by atomic mass is 10.4. The maximum atomic E-state index is 5.97. The van der Waals surface area contributed by atoms with Crippen molar-refractivity contribution in [2.75, 3.05) is 13.2 Å². The van der Waals surface area contributed by atoms with Crippen molar-refractivity contribution in [3.8, 4) is 0 Å². The van der Waals surface area contributed by atoms with E-state index in [0.29, 0.717) is 6.10 Å². The molecule has 0 aliphatic carbocycles. The Bertz CT molecular complexity index is 132. The van der Waals surface area contributed by atoms with Crippen LogP contribution in [0.1, 0.15) is 27.7 Å². The van der Waals surface area contributed by atoms with Crippen molar-refractivity contribution in [1.29, 1.82) is 0 Å². The van der Waals surface area contributed by atoms with Crippen LogP contribution in [0, 0.1) is 0 Å². The van der Waals surface area contributed by atoms with Gasteiger partial charge in [-0.2, -0.15) is 0 Å². The van der Waals surface area contributed by atoms with E-state index in [9.17, 15) is 0 Å². The van der Waals surface area contributed by atoms with E-state index < -0.39 is 9.04 Å². The Labute approximate surface area is 77.0 Å². The van der Waals surface area contributed by atoms with Crippen LogP contribution in [0.15, 0.2) is 0 Å². The molecule has 0 aromatic heterocycles. The first kappa shape index (κ1) is 10.2. The van der Waals surface area contributed by atoms with Gasteiger partial charge >= 0.3 is 0 Å². The van der Waals surface area contributed by atoms with E-state index in [-0.39, 0.29) is 0 Å². The number of rotatable bonds is 4. The maximum absolute atomic E-state index is 5.97. The van der Waals surface area contributed by atoms with Gasteiger partial charge in [0.15, 0.2) is 9.04 Å². The monoisotopic (exact) mass is 188 g/mol. The highest BCUT2D eigenvalue weighted by Gasteiger charge is 2.33. The molecule has 1 fully saturated rings. The van der Waals surface area contributed by atoms with Crippen LogP contribution < -0.4 is 0 Å². The number of ether oxygens (including phenoxy) is 1. The summed E-state index contributed by atoms with van der Waals surface area (Å²) in [5, 5.41) is 0. The molecule has 0 aromatic carbocycles. The molecular weight excluding hydrogens is 168 g/mol. The van der Waals surface area contributed by atoms with Crippen LogP contribution in [0.3, 0.4) is 0 Å². The molecule has 1 atom stereocenters. The molecular formula is C9H20O2Si. The lowest BCUT2D eigenvalue weighted by Gasteiger charge is -2.35. The third kappa shape index (κ3) is 2.57. The SMILES string of the molecule is CC(C)O[SiH](C(C)C)C1COC1. The molecule has 1 rings (SSSR count). The zero-order chi connectivity index (χ0) is 9.14. The topological polar surface area (TPSA) is 18.5 Å². The van der Waals surface area contributed by atoms with Gasteiger partial charge in [0.1, 0.15) is 0 Å². The summed E-state index contributed by atoms with van der Waals surface area (Å²) in [6.45, 7) is 10.7. The lowest BCUT2D eigenvalue weighted by Crippen LogP contribution is -2.41. The predicted octanol–water partition coefficient (Wildman–Crippen LogP) is 1.95. The van der Waals surface area contributed by atoms with Gasteiger partial charge in [0.2, 0.25) is 0 Å². The van der Waals surface area contributed by atoms with Crippen molar-refractivity contribution < 1.29 is 9.16 Å². The van der Waals surface area contributed by atoms with Crippen molar-refractivity contribution in [2.24, 2.45) is 0 Å². The fourth-order valence-corrected chi connectivity index (χ4v) is 4.48. The molecule has 72 valence electrons. The van der Waals surface area contributed by atoms with Crippen molar-refractivity contribution >= 4 is 9.04 Å². The van der Waals surface area contributed by atoms with Crippen LogP contribution in [0.25, 0.3) is 0 Å². The van der Waals surface area contributed by atoms with Crippen molar-refractivity contribution in [1.82, 2.24) is 0 Å². The number of hydrogen-bond acceptors (Lipinski definition) is 2. The minimum absolute atomic E-state index is 0.393. The maximum Gasteiger partial charge on any atom is 0.187 e. The van der Waals surface area contributed by atoms with Gasteiger partial charge < -0.3 is 9.16 Å². The van der Waals surface area contributed by atoms with Gasteiger partial charge in [0, 0.05) is 11.6 Å². The zero-order valence-corrected chi connectivity index (χ0v) is 9.69. The van der Waals surface area contributed by atoms with Gasteiger partial charge in [-0.15, -0.1) is 0 Å². The summed E-state index contributed by atoms with van der Waals surface area (Å²) in [4.78, 5) is 0. The Hall–Kier alpha value is 0.137. The first-order valence-corrected chi connectivity index (χ1v) is 6.65. The Balaban J connectivity index is 2.37. The molecule has 12 heavy (non-hydrogen) atoms. The lowest BCUT2D eigenvalue weighted by molar-refractivity contribution is 0.0248. The van der Waals surface area contributed by atoms with Gasteiger partial charge in [0.05, 0.1) is 13.2 Å². The molecule has 0 N–H and O–H groups in total. The molecule has 0 saturated carbocycles. The molecule has 1 saturated heterocycles. The van der Waals surface area contributed by atoms with E-state index in [1.807, 2.05) is 0 Å². The van der Waals surface area contributed by atoms with E-state index in [4.69, 9.17) is 9.16 Å². The fraction of sp³-hybridized carbons (Fsp3) is 1.00. The normalized spacial score (nSPS) is 21.5. The van der Waals surface area contributed by atoms with E-state index >= 15 is 0 Å². The average Bonchev–Trinajstić information content (AvgIpc) is 1.80. The van der Waals surface area contributed by atoms with Crippen LogP contribution in [0.2, 0.25) is 11.1 Å².